The number of hydrogen-bond donors (Lipinski definition) is 1. The van der Waals surface area contributed by atoms with E-state index in [4.69, 9.17) is 9.47 Å². The van der Waals surface area contributed by atoms with Crippen molar-refractivity contribution < 1.29 is 31.1 Å². The fourth-order valence-corrected chi connectivity index (χ4v) is 7.30. The number of piperidine rings is 1. The monoisotopic (exact) mass is 551 g/mol. The Morgan fingerprint density at radius 2 is 1.51 bits per heavy atom. The summed E-state index contributed by atoms with van der Waals surface area (Å²) < 4.78 is 65.0. The number of benzene rings is 2. The molecule has 0 saturated carbocycles. The minimum absolute atomic E-state index is 0.141. The second-order valence-electron chi connectivity index (χ2n) is 9.14. The minimum atomic E-state index is -3.65. The average Bonchev–Trinajstić information content (AvgIpc) is 2.92. The van der Waals surface area contributed by atoms with Crippen LogP contribution in [0, 0.1) is 12.8 Å². The smallest absolute Gasteiger partial charge is 0.243 e. The molecule has 2 heterocycles. The molecule has 2 aliphatic rings. The van der Waals surface area contributed by atoms with Crippen LogP contribution >= 0.6 is 0 Å². The molecule has 0 radical (unpaired) electrons. The molecular weight excluding hydrogens is 518 g/mol. The molecule has 0 aliphatic carbocycles. The van der Waals surface area contributed by atoms with Crippen LogP contribution in [0.3, 0.4) is 0 Å². The van der Waals surface area contributed by atoms with E-state index in [9.17, 15) is 21.6 Å². The van der Waals surface area contributed by atoms with Crippen LogP contribution in [0.5, 0.6) is 5.75 Å². The van der Waals surface area contributed by atoms with E-state index in [1.54, 1.807) is 36.4 Å². The lowest BCUT2D eigenvalue weighted by Crippen LogP contribution is -2.45. The van der Waals surface area contributed by atoms with E-state index in [-0.39, 0.29) is 35.4 Å². The summed E-state index contributed by atoms with van der Waals surface area (Å²) in [6.07, 6.45) is 1.23. The van der Waals surface area contributed by atoms with Crippen molar-refractivity contribution in [3.05, 3.63) is 54.1 Å². The molecule has 2 aromatic carbocycles. The summed E-state index contributed by atoms with van der Waals surface area (Å²) in [5.41, 5.74) is 0.978. The van der Waals surface area contributed by atoms with Gasteiger partial charge in [-0.3, -0.25) is 4.79 Å². The average molecular weight is 552 g/mol. The van der Waals surface area contributed by atoms with Gasteiger partial charge in [-0.05, 0) is 56.2 Å². The van der Waals surface area contributed by atoms with Crippen molar-refractivity contribution in [2.75, 3.05) is 52.5 Å². The van der Waals surface area contributed by atoms with Crippen LogP contribution < -0.4 is 10.1 Å². The number of morpholine rings is 1. The summed E-state index contributed by atoms with van der Waals surface area (Å²) >= 11 is 0. The van der Waals surface area contributed by atoms with Crippen LogP contribution in [0.25, 0.3) is 0 Å². The van der Waals surface area contributed by atoms with Crippen molar-refractivity contribution in [2.24, 2.45) is 5.92 Å². The number of sulfonamides is 2. The summed E-state index contributed by atoms with van der Waals surface area (Å²) in [5.74, 6) is -0.152. The molecule has 0 bridgehead atoms. The molecule has 2 aliphatic heterocycles. The fraction of sp³-hybridized carbons (Fsp3) is 0.480. The first-order chi connectivity index (χ1) is 17.7. The first kappa shape index (κ1) is 27.5. The Morgan fingerprint density at radius 1 is 0.919 bits per heavy atom. The van der Waals surface area contributed by atoms with Gasteiger partial charge in [-0.1, -0.05) is 17.7 Å². The Balaban J connectivity index is 1.24. The molecule has 2 aromatic rings. The first-order valence-corrected chi connectivity index (χ1v) is 15.2. The second kappa shape index (κ2) is 11.9. The number of rotatable bonds is 9. The third-order valence-corrected chi connectivity index (χ3v) is 10.3. The van der Waals surface area contributed by atoms with Crippen molar-refractivity contribution in [3.8, 4) is 5.75 Å². The highest BCUT2D eigenvalue weighted by molar-refractivity contribution is 7.89. The Kier molecular flexibility index (Phi) is 8.86. The number of nitrogens with zero attached hydrogens (tertiary/aromatic N) is 2. The van der Waals surface area contributed by atoms with E-state index in [1.807, 2.05) is 6.92 Å². The Morgan fingerprint density at radius 3 is 2.16 bits per heavy atom. The summed E-state index contributed by atoms with van der Waals surface area (Å²) in [6, 6.07) is 12.9. The molecular formula is C25H33N3O7S2. The van der Waals surface area contributed by atoms with Crippen molar-refractivity contribution in [1.82, 2.24) is 13.9 Å². The lowest BCUT2D eigenvalue weighted by Gasteiger charge is -2.31. The van der Waals surface area contributed by atoms with Gasteiger partial charge in [-0.15, -0.1) is 0 Å². The summed E-state index contributed by atoms with van der Waals surface area (Å²) in [7, 11) is -7.22. The highest BCUT2D eigenvalue weighted by atomic mass is 32.2. The van der Waals surface area contributed by atoms with Gasteiger partial charge >= 0.3 is 0 Å². The van der Waals surface area contributed by atoms with Crippen molar-refractivity contribution >= 4 is 26.0 Å². The molecule has 0 aromatic heterocycles. The number of carbonyl (C=O) groups is 1. The molecule has 4 rings (SSSR count). The maximum atomic E-state index is 13.0. The van der Waals surface area contributed by atoms with E-state index in [1.165, 1.54) is 20.7 Å². The lowest BCUT2D eigenvalue weighted by molar-refractivity contribution is -0.126. The van der Waals surface area contributed by atoms with E-state index in [0.717, 1.165) is 5.56 Å². The number of hydrogen-bond acceptors (Lipinski definition) is 7. The van der Waals surface area contributed by atoms with E-state index >= 15 is 0 Å². The number of ether oxygens (including phenoxy) is 2. The van der Waals surface area contributed by atoms with Gasteiger partial charge < -0.3 is 14.8 Å². The Labute approximate surface area is 218 Å². The van der Waals surface area contributed by atoms with Crippen LogP contribution in [-0.4, -0.2) is 83.9 Å². The maximum absolute atomic E-state index is 13.0. The molecule has 2 saturated heterocycles. The van der Waals surface area contributed by atoms with E-state index < -0.39 is 26.0 Å². The van der Waals surface area contributed by atoms with Crippen LogP contribution in [0.1, 0.15) is 18.4 Å². The molecule has 37 heavy (non-hydrogen) atoms. The lowest BCUT2D eigenvalue weighted by atomic mass is 9.99. The topological polar surface area (TPSA) is 122 Å². The van der Waals surface area contributed by atoms with Gasteiger partial charge in [0.2, 0.25) is 26.0 Å². The zero-order valence-corrected chi connectivity index (χ0v) is 22.5. The van der Waals surface area contributed by atoms with E-state index in [2.05, 4.69) is 5.32 Å². The number of carbonyl (C=O) groups excluding carboxylic acids is 1. The highest BCUT2D eigenvalue weighted by Gasteiger charge is 2.33. The molecule has 2 fully saturated rings. The fourth-order valence-electron chi connectivity index (χ4n) is 4.37. The summed E-state index contributed by atoms with van der Waals surface area (Å²) in [6.45, 7) is 4.29. The van der Waals surface area contributed by atoms with Gasteiger partial charge in [0, 0.05) is 26.2 Å². The Bertz CT molecular complexity index is 1270. The van der Waals surface area contributed by atoms with Crippen molar-refractivity contribution in [1.29, 1.82) is 0 Å². The van der Waals surface area contributed by atoms with Crippen LogP contribution in [0.15, 0.2) is 58.3 Å². The van der Waals surface area contributed by atoms with Gasteiger partial charge in [0.1, 0.15) is 12.4 Å². The molecule has 0 unspecified atom stereocenters. The number of nitrogens with one attached hydrogen (secondary N) is 1. The van der Waals surface area contributed by atoms with Crippen LogP contribution in [0.4, 0.5) is 0 Å². The maximum Gasteiger partial charge on any atom is 0.243 e. The normalized spacial score (nSPS) is 19.9. The second-order valence-corrected chi connectivity index (χ2v) is 13.0. The van der Waals surface area contributed by atoms with Crippen molar-refractivity contribution in [3.63, 3.8) is 0 Å². The number of aryl methyl sites for hydroxylation is 1. The highest BCUT2D eigenvalue weighted by Crippen LogP contribution is 2.24. The largest absolute Gasteiger partial charge is 0.492 e. The molecule has 1 amide bonds. The molecule has 10 nitrogen and oxygen atoms in total. The Hall–Kier alpha value is -2.51. The standard InChI is InChI=1S/C25H33N3O7S2/c1-20-4-8-23(9-5-20)37(32,33)28-13-2-3-21(19-28)25(29)26-12-16-35-22-6-10-24(11-7-22)36(30,31)27-14-17-34-18-15-27/h4-11,21H,2-3,12-19H2,1H3,(H,26,29)/t21-/m1/s1. The van der Waals surface area contributed by atoms with Crippen molar-refractivity contribution in [2.45, 2.75) is 29.6 Å². The van der Waals surface area contributed by atoms with Gasteiger partial charge in [0.15, 0.2) is 0 Å². The van der Waals surface area contributed by atoms with Gasteiger partial charge in [0.05, 0.1) is 35.5 Å². The van der Waals surface area contributed by atoms with Crippen LogP contribution in [0.2, 0.25) is 0 Å². The molecule has 12 heteroatoms. The third kappa shape index (κ3) is 6.68. The van der Waals surface area contributed by atoms with E-state index in [0.29, 0.717) is 51.4 Å². The first-order valence-electron chi connectivity index (χ1n) is 12.3. The molecule has 1 N–H and O–H groups in total. The molecule has 0 spiro atoms. The minimum Gasteiger partial charge on any atom is -0.492 e. The molecule has 1 atom stereocenters. The SMILES string of the molecule is Cc1ccc(S(=O)(=O)N2CCC[C@@H](C(=O)NCCOc3ccc(S(=O)(=O)N4CCOCC4)cc3)C2)cc1. The third-order valence-electron chi connectivity index (χ3n) is 6.52. The summed E-state index contributed by atoms with van der Waals surface area (Å²) in [5, 5.41) is 2.82. The van der Waals surface area contributed by atoms with Gasteiger partial charge in [0.25, 0.3) is 0 Å². The number of amides is 1. The van der Waals surface area contributed by atoms with Crippen LogP contribution in [-0.2, 0) is 29.6 Å². The van der Waals surface area contributed by atoms with Gasteiger partial charge in [-0.2, -0.15) is 8.61 Å². The zero-order valence-electron chi connectivity index (χ0n) is 20.8. The quantitative estimate of drug-likeness (QED) is 0.470. The van der Waals surface area contributed by atoms with Gasteiger partial charge in [-0.25, -0.2) is 16.8 Å². The predicted molar refractivity (Wildman–Crippen MR) is 137 cm³/mol. The predicted octanol–water partition coefficient (Wildman–Crippen LogP) is 1.61. The molecule has 202 valence electrons. The summed E-state index contributed by atoms with van der Waals surface area (Å²) in [4.78, 5) is 13.1. The zero-order chi connectivity index (χ0) is 26.5.